The number of hydrogen-bond donors (Lipinski definition) is 1. The van der Waals surface area contributed by atoms with Crippen molar-refractivity contribution in [3.05, 3.63) is 35.9 Å². The van der Waals surface area contributed by atoms with Crippen LogP contribution in [0, 0.1) is 6.92 Å². The van der Waals surface area contributed by atoms with Crippen LogP contribution in [0.1, 0.15) is 5.56 Å². The van der Waals surface area contributed by atoms with Crippen molar-refractivity contribution in [2.45, 2.75) is 6.92 Å². The number of benzene rings is 1. The smallest absolute Gasteiger partial charge is 0.228 e. The Labute approximate surface area is 118 Å². The predicted molar refractivity (Wildman–Crippen MR) is 79.6 cm³/mol. The fourth-order valence-electron chi connectivity index (χ4n) is 2.31. The first-order chi connectivity index (χ1) is 9.72. The van der Waals surface area contributed by atoms with Gasteiger partial charge in [0.2, 0.25) is 5.95 Å². The highest BCUT2D eigenvalue weighted by atomic mass is 16.5. The van der Waals surface area contributed by atoms with E-state index < -0.39 is 0 Å². The van der Waals surface area contributed by atoms with Gasteiger partial charge in [0.1, 0.15) is 5.82 Å². The van der Waals surface area contributed by atoms with Crippen LogP contribution in [0.3, 0.4) is 0 Å². The molecule has 0 bridgehead atoms. The quantitative estimate of drug-likeness (QED) is 0.902. The lowest BCUT2D eigenvalue weighted by atomic mass is 10.1. The number of aromatic nitrogens is 2. The third-order valence-corrected chi connectivity index (χ3v) is 3.34. The molecule has 1 aliphatic rings. The second-order valence-corrected chi connectivity index (χ2v) is 4.95. The molecule has 1 fully saturated rings. The molecule has 5 nitrogen and oxygen atoms in total. The van der Waals surface area contributed by atoms with Crippen molar-refractivity contribution in [2.75, 3.05) is 36.9 Å². The van der Waals surface area contributed by atoms with Crippen molar-refractivity contribution in [2.24, 2.45) is 0 Å². The van der Waals surface area contributed by atoms with Crippen LogP contribution in [0.15, 0.2) is 30.3 Å². The van der Waals surface area contributed by atoms with E-state index >= 15 is 0 Å². The summed E-state index contributed by atoms with van der Waals surface area (Å²) in [6.07, 6.45) is 0. The fourth-order valence-corrected chi connectivity index (χ4v) is 2.31. The lowest BCUT2D eigenvalue weighted by Gasteiger charge is -2.27. The Kier molecular flexibility index (Phi) is 3.52. The molecule has 0 amide bonds. The van der Waals surface area contributed by atoms with Gasteiger partial charge in [-0.25, -0.2) is 4.98 Å². The van der Waals surface area contributed by atoms with Gasteiger partial charge >= 0.3 is 0 Å². The number of nitrogens with zero attached hydrogens (tertiary/aromatic N) is 3. The molecule has 1 aromatic heterocycles. The molecule has 1 aromatic carbocycles. The number of hydrogen-bond acceptors (Lipinski definition) is 5. The Morgan fingerprint density at radius 2 is 1.95 bits per heavy atom. The minimum Gasteiger partial charge on any atom is -0.384 e. The predicted octanol–water partition coefficient (Wildman–Crippen LogP) is 1.87. The van der Waals surface area contributed by atoms with Gasteiger partial charge in [0.15, 0.2) is 0 Å². The van der Waals surface area contributed by atoms with Gasteiger partial charge in [0.25, 0.3) is 0 Å². The van der Waals surface area contributed by atoms with Crippen LogP contribution in [0.5, 0.6) is 0 Å². The van der Waals surface area contributed by atoms with Crippen molar-refractivity contribution >= 4 is 11.8 Å². The first-order valence-corrected chi connectivity index (χ1v) is 6.77. The van der Waals surface area contributed by atoms with Crippen LogP contribution in [-0.2, 0) is 4.74 Å². The molecule has 2 heterocycles. The highest BCUT2D eigenvalue weighted by Gasteiger charge is 2.15. The zero-order chi connectivity index (χ0) is 13.9. The molecular formula is C15H18N4O. The molecule has 1 saturated heterocycles. The minimum atomic E-state index is 0.498. The molecule has 0 saturated carbocycles. The van der Waals surface area contributed by atoms with Gasteiger partial charge in [0, 0.05) is 24.7 Å². The largest absolute Gasteiger partial charge is 0.384 e. The van der Waals surface area contributed by atoms with E-state index in [-0.39, 0.29) is 0 Å². The SMILES string of the molecule is Cc1cccc(-c2cc(N)nc(N3CCOCC3)n2)c1. The van der Waals surface area contributed by atoms with Gasteiger partial charge in [-0.05, 0) is 13.0 Å². The highest BCUT2D eigenvalue weighted by molar-refractivity contribution is 5.64. The molecule has 0 atom stereocenters. The molecule has 2 N–H and O–H groups in total. The lowest BCUT2D eigenvalue weighted by molar-refractivity contribution is 0.122. The summed E-state index contributed by atoms with van der Waals surface area (Å²) in [5.41, 5.74) is 9.06. The molecule has 3 rings (SSSR count). The van der Waals surface area contributed by atoms with Gasteiger partial charge < -0.3 is 15.4 Å². The van der Waals surface area contributed by atoms with Crippen molar-refractivity contribution < 1.29 is 4.74 Å². The molecule has 1 aliphatic heterocycles. The Balaban J connectivity index is 1.97. The number of nitrogen functional groups attached to an aromatic ring is 1. The van der Waals surface area contributed by atoms with Crippen molar-refractivity contribution in [1.82, 2.24) is 9.97 Å². The molecule has 2 aromatic rings. The maximum atomic E-state index is 5.93. The number of aryl methyl sites for hydroxylation is 1. The Hall–Kier alpha value is -2.14. The number of anilines is 2. The summed E-state index contributed by atoms with van der Waals surface area (Å²) in [5, 5.41) is 0. The Morgan fingerprint density at radius 1 is 1.15 bits per heavy atom. The Morgan fingerprint density at radius 3 is 2.70 bits per heavy atom. The van der Waals surface area contributed by atoms with Crippen molar-refractivity contribution in [3.63, 3.8) is 0 Å². The molecule has 0 spiro atoms. The summed E-state index contributed by atoms with van der Waals surface area (Å²) >= 11 is 0. The first kappa shape index (κ1) is 12.9. The van der Waals surface area contributed by atoms with Crippen LogP contribution in [0.2, 0.25) is 0 Å². The van der Waals surface area contributed by atoms with Crippen LogP contribution in [-0.4, -0.2) is 36.3 Å². The van der Waals surface area contributed by atoms with Crippen LogP contribution < -0.4 is 10.6 Å². The average molecular weight is 270 g/mol. The van der Waals surface area contributed by atoms with E-state index in [4.69, 9.17) is 10.5 Å². The van der Waals surface area contributed by atoms with Gasteiger partial charge in [-0.1, -0.05) is 23.8 Å². The third kappa shape index (κ3) is 2.72. The molecule has 104 valence electrons. The van der Waals surface area contributed by atoms with Crippen LogP contribution >= 0.6 is 0 Å². The molecule has 0 radical (unpaired) electrons. The zero-order valence-corrected chi connectivity index (χ0v) is 11.5. The summed E-state index contributed by atoms with van der Waals surface area (Å²) in [5.74, 6) is 1.18. The van der Waals surface area contributed by atoms with Crippen molar-refractivity contribution in [3.8, 4) is 11.3 Å². The third-order valence-electron chi connectivity index (χ3n) is 3.34. The maximum absolute atomic E-state index is 5.93. The topological polar surface area (TPSA) is 64.3 Å². The van der Waals surface area contributed by atoms with Crippen LogP contribution in [0.4, 0.5) is 11.8 Å². The summed E-state index contributed by atoms with van der Waals surface area (Å²) < 4.78 is 5.35. The minimum absolute atomic E-state index is 0.498. The number of ether oxygens (including phenoxy) is 1. The van der Waals surface area contributed by atoms with Gasteiger partial charge in [-0.15, -0.1) is 0 Å². The van der Waals surface area contributed by atoms with Gasteiger partial charge in [-0.2, -0.15) is 4.98 Å². The van der Waals surface area contributed by atoms with E-state index in [1.807, 2.05) is 18.2 Å². The first-order valence-electron chi connectivity index (χ1n) is 6.77. The van der Waals surface area contributed by atoms with E-state index in [0.29, 0.717) is 25.0 Å². The molecule has 5 heteroatoms. The molecule has 20 heavy (non-hydrogen) atoms. The highest BCUT2D eigenvalue weighted by Crippen LogP contribution is 2.23. The normalized spacial score (nSPS) is 15.3. The van der Waals surface area contributed by atoms with E-state index in [1.54, 1.807) is 0 Å². The number of morpholine rings is 1. The van der Waals surface area contributed by atoms with E-state index in [9.17, 15) is 0 Å². The standard InChI is InChI=1S/C15H18N4O/c1-11-3-2-4-12(9-11)13-10-14(16)18-15(17-13)19-5-7-20-8-6-19/h2-4,9-10H,5-8H2,1H3,(H2,16,17,18). The van der Waals surface area contributed by atoms with E-state index in [2.05, 4.69) is 33.9 Å². The average Bonchev–Trinajstić information content (AvgIpc) is 2.47. The molecular weight excluding hydrogens is 252 g/mol. The number of rotatable bonds is 2. The van der Waals surface area contributed by atoms with E-state index in [1.165, 1.54) is 5.56 Å². The monoisotopic (exact) mass is 270 g/mol. The Bertz CT molecular complexity index is 609. The fraction of sp³-hybridized carbons (Fsp3) is 0.333. The van der Waals surface area contributed by atoms with E-state index in [0.717, 1.165) is 24.3 Å². The van der Waals surface area contributed by atoms with Gasteiger partial charge in [-0.3, -0.25) is 0 Å². The molecule has 0 aliphatic carbocycles. The maximum Gasteiger partial charge on any atom is 0.228 e. The summed E-state index contributed by atoms with van der Waals surface area (Å²) in [6, 6.07) is 10.1. The summed E-state index contributed by atoms with van der Waals surface area (Å²) in [7, 11) is 0. The second kappa shape index (κ2) is 5.46. The second-order valence-electron chi connectivity index (χ2n) is 4.95. The van der Waals surface area contributed by atoms with Crippen molar-refractivity contribution in [1.29, 1.82) is 0 Å². The summed E-state index contributed by atoms with van der Waals surface area (Å²) in [4.78, 5) is 11.1. The summed E-state index contributed by atoms with van der Waals surface area (Å²) in [6.45, 7) is 5.08. The molecule has 0 unspecified atom stereocenters. The lowest BCUT2D eigenvalue weighted by Crippen LogP contribution is -2.37. The van der Waals surface area contributed by atoms with Gasteiger partial charge in [0.05, 0.1) is 18.9 Å². The van der Waals surface area contributed by atoms with Crippen LogP contribution in [0.25, 0.3) is 11.3 Å². The zero-order valence-electron chi connectivity index (χ0n) is 11.5. The number of nitrogens with two attached hydrogens (primary N) is 1.